The predicted octanol–water partition coefficient (Wildman–Crippen LogP) is 0.942. The topological polar surface area (TPSA) is 93.1 Å². The van der Waals surface area contributed by atoms with Gasteiger partial charge < -0.3 is 19.7 Å². The molecule has 3 atom stereocenters. The van der Waals surface area contributed by atoms with Gasteiger partial charge in [0.05, 0.1) is 18.6 Å². The summed E-state index contributed by atoms with van der Waals surface area (Å²) in [4.78, 5) is 22.1. The number of carbonyl (C=O) groups excluding carboxylic acids is 1. The number of allylic oxidation sites excluding steroid dienone is 2. The van der Waals surface area contributed by atoms with E-state index in [1.165, 1.54) is 12.2 Å². The zero-order chi connectivity index (χ0) is 15.1. The average Bonchev–Trinajstić information content (AvgIpc) is 2.70. The monoisotopic (exact) mass is 294 g/mol. The van der Waals surface area contributed by atoms with Crippen LogP contribution in [0.5, 0.6) is 0 Å². The van der Waals surface area contributed by atoms with Crippen LogP contribution in [-0.2, 0) is 19.1 Å². The van der Waals surface area contributed by atoms with E-state index in [0.717, 1.165) is 0 Å². The molecule has 0 aromatic heterocycles. The van der Waals surface area contributed by atoms with E-state index in [-0.39, 0.29) is 12.2 Å². The van der Waals surface area contributed by atoms with Gasteiger partial charge in [-0.2, -0.15) is 0 Å². The molecule has 6 nitrogen and oxygen atoms in total. The van der Waals surface area contributed by atoms with E-state index in [1.807, 2.05) is 0 Å². The zero-order valence-corrected chi connectivity index (χ0v) is 11.5. The van der Waals surface area contributed by atoms with E-state index in [2.05, 4.69) is 0 Å². The Kier molecular flexibility index (Phi) is 3.47. The van der Waals surface area contributed by atoms with Crippen LogP contribution in [0.2, 0.25) is 0 Å². The van der Waals surface area contributed by atoms with Crippen molar-refractivity contribution in [2.24, 2.45) is 0 Å². The molecule has 3 rings (SSSR count). The van der Waals surface area contributed by atoms with Crippen LogP contribution < -0.4 is 0 Å². The minimum atomic E-state index is -0.965. The summed E-state index contributed by atoms with van der Waals surface area (Å²) in [6, 6.07) is 0. The highest BCUT2D eigenvalue weighted by atomic mass is 16.7. The smallest absolute Gasteiger partial charge is 0.305 e. The van der Waals surface area contributed by atoms with Gasteiger partial charge in [-0.1, -0.05) is 0 Å². The van der Waals surface area contributed by atoms with Gasteiger partial charge in [-0.25, -0.2) is 0 Å². The van der Waals surface area contributed by atoms with Gasteiger partial charge >= 0.3 is 5.97 Å². The van der Waals surface area contributed by atoms with Crippen molar-refractivity contribution >= 4 is 11.8 Å². The van der Waals surface area contributed by atoms with Crippen molar-refractivity contribution in [1.29, 1.82) is 0 Å². The molecule has 0 saturated carbocycles. The molecular weight excluding hydrogens is 276 g/mol. The number of ether oxygens (including phenoxy) is 2. The number of aliphatic hydroxyl groups excluding tert-OH is 1. The molecule has 3 aliphatic rings. The second-order valence-corrected chi connectivity index (χ2v) is 5.97. The molecule has 0 bridgehead atoms. The molecule has 0 aromatic carbocycles. The number of aliphatic hydroxyl groups is 1. The van der Waals surface area contributed by atoms with Crippen molar-refractivity contribution in [3.8, 4) is 0 Å². The van der Waals surface area contributed by atoms with Gasteiger partial charge in [-0.15, -0.1) is 0 Å². The van der Waals surface area contributed by atoms with E-state index in [0.29, 0.717) is 25.7 Å². The third-order valence-electron chi connectivity index (χ3n) is 4.20. The summed E-state index contributed by atoms with van der Waals surface area (Å²) < 4.78 is 11.9. The molecule has 0 unspecified atom stereocenters. The van der Waals surface area contributed by atoms with E-state index in [9.17, 15) is 14.7 Å². The number of ketones is 1. The Hall–Kier alpha value is -1.50. The van der Waals surface area contributed by atoms with Crippen molar-refractivity contribution in [3.63, 3.8) is 0 Å². The minimum absolute atomic E-state index is 0.0847. The van der Waals surface area contributed by atoms with Crippen LogP contribution in [0.25, 0.3) is 0 Å². The largest absolute Gasteiger partial charge is 0.481 e. The highest BCUT2D eigenvalue weighted by Gasteiger charge is 2.52. The second kappa shape index (κ2) is 5.05. The Balaban J connectivity index is 1.76. The number of hydrogen-bond acceptors (Lipinski definition) is 5. The van der Waals surface area contributed by atoms with Crippen molar-refractivity contribution in [3.05, 3.63) is 24.3 Å². The summed E-state index contributed by atoms with van der Waals surface area (Å²) in [7, 11) is 0. The summed E-state index contributed by atoms with van der Waals surface area (Å²) in [5, 5.41) is 18.9. The number of rotatable bonds is 2. The summed E-state index contributed by atoms with van der Waals surface area (Å²) in [6.07, 6.45) is 6.81. The number of hydrogen-bond donors (Lipinski definition) is 2. The number of carboxylic acids is 1. The normalized spacial score (nSPS) is 37.5. The molecule has 0 radical (unpaired) electrons. The SMILES string of the molecule is O=C1C=CC2(C=C1)CC[C@@]1(C[C@@H](O)C[C@H](CC(=O)O)O1)O2. The number of carboxylic acid groups (broad SMARTS) is 1. The molecule has 2 saturated heterocycles. The molecule has 2 heterocycles. The first-order chi connectivity index (χ1) is 9.90. The lowest BCUT2D eigenvalue weighted by Crippen LogP contribution is -2.48. The van der Waals surface area contributed by atoms with Crippen molar-refractivity contribution in [2.75, 3.05) is 0 Å². The standard InChI is InChI=1S/C15H18O6/c16-10-1-3-14(4-2-10)5-6-15(21-14)9-11(17)7-12(20-15)8-13(18)19/h1-4,11-12,17H,5-9H2,(H,18,19)/t11-,12+,15-/m0/s1. The Bertz CT molecular complexity index is 506. The quantitative estimate of drug-likeness (QED) is 0.787. The van der Waals surface area contributed by atoms with Gasteiger partial charge in [0.2, 0.25) is 0 Å². The third kappa shape index (κ3) is 2.92. The third-order valence-corrected chi connectivity index (χ3v) is 4.20. The van der Waals surface area contributed by atoms with Gasteiger partial charge in [-0.05, 0) is 30.7 Å². The first-order valence-corrected chi connectivity index (χ1v) is 7.11. The average molecular weight is 294 g/mol. The maximum atomic E-state index is 11.2. The van der Waals surface area contributed by atoms with Crippen LogP contribution in [-0.4, -0.2) is 45.6 Å². The lowest BCUT2D eigenvalue weighted by molar-refractivity contribution is -0.291. The fraction of sp³-hybridized carbons (Fsp3) is 0.600. The summed E-state index contributed by atoms with van der Waals surface area (Å²) in [5.41, 5.74) is -0.682. The molecule has 6 heteroatoms. The Labute approximate surface area is 122 Å². The Morgan fingerprint density at radius 1 is 1.33 bits per heavy atom. The molecule has 0 aromatic rings. The molecule has 0 amide bonds. The molecule has 21 heavy (non-hydrogen) atoms. The maximum Gasteiger partial charge on any atom is 0.305 e. The van der Waals surface area contributed by atoms with Crippen molar-refractivity contribution < 1.29 is 29.3 Å². The van der Waals surface area contributed by atoms with Crippen LogP contribution in [0.3, 0.4) is 0 Å². The first-order valence-electron chi connectivity index (χ1n) is 7.11. The Morgan fingerprint density at radius 3 is 2.71 bits per heavy atom. The number of aliphatic carboxylic acids is 1. The molecule has 2 fully saturated rings. The Morgan fingerprint density at radius 2 is 2.05 bits per heavy atom. The van der Waals surface area contributed by atoms with E-state index in [4.69, 9.17) is 14.6 Å². The molecular formula is C15H18O6. The van der Waals surface area contributed by atoms with Crippen LogP contribution >= 0.6 is 0 Å². The van der Waals surface area contributed by atoms with E-state index >= 15 is 0 Å². The van der Waals surface area contributed by atoms with Crippen LogP contribution in [0.1, 0.15) is 32.1 Å². The predicted molar refractivity (Wildman–Crippen MR) is 71.4 cm³/mol. The fourth-order valence-electron chi connectivity index (χ4n) is 3.32. The van der Waals surface area contributed by atoms with E-state index < -0.39 is 29.6 Å². The van der Waals surface area contributed by atoms with Gasteiger partial charge in [0.25, 0.3) is 0 Å². The van der Waals surface area contributed by atoms with Crippen molar-refractivity contribution in [2.45, 2.75) is 55.7 Å². The lowest BCUT2D eigenvalue weighted by atomic mass is 9.92. The summed E-state index contributed by atoms with van der Waals surface area (Å²) in [5.74, 6) is -2.01. The van der Waals surface area contributed by atoms with Gasteiger partial charge in [0, 0.05) is 19.3 Å². The molecule has 2 aliphatic heterocycles. The molecule has 2 N–H and O–H groups in total. The zero-order valence-electron chi connectivity index (χ0n) is 11.5. The van der Waals surface area contributed by atoms with Crippen LogP contribution in [0.4, 0.5) is 0 Å². The van der Waals surface area contributed by atoms with E-state index in [1.54, 1.807) is 12.2 Å². The molecule has 114 valence electrons. The minimum Gasteiger partial charge on any atom is -0.481 e. The van der Waals surface area contributed by atoms with Gasteiger partial charge in [-0.3, -0.25) is 9.59 Å². The number of carbonyl (C=O) groups is 2. The maximum absolute atomic E-state index is 11.2. The van der Waals surface area contributed by atoms with Crippen LogP contribution in [0, 0.1) is 0 Å². The first kappa shape index (κ1) is 14.4. The lowest BCUT2D eigenvalue weighted by Gasteiger charge is -2.41. The summed E-state index contributed by atoms with van der Waals surface area (Å²) >= 11 is 0. The van der Waals surface area contributed by atoms with Gasteiger partial charge in [0.1, 0.15) is 5.60 Å². The van der Waals surface area contributed by atoms with Crippen LogP contribution in [0.15, 0.2) is 24.3 Å². The van der Waals surface area contributed by atoms with Gasteiger partial charge in [0.15, 0.2) is 11.6 Å². The van der Waals surface area contributed by atoms with Crippen molar-refractivity contribution in [1.82, 2.24) is 0 Å². The molecule has 2 spiro atoms. The highest BCUT2D eigenvalue weighted by molar-refractivity contribution is 6.00. The summed E-state index contributed by atoms with van der Waals surface area (Å²) in [6.45, 7) is 0. The highest BCUT2D eigenvalue weighted by Crippen LogP contribution is 2.47. The molecule has 1 aliphatic carbocycles. The second-order valence-electron chi connectivity index (χ2n) is 5.97. The fourth-order valence-corrected chi connectivity index (χ4v) is 3.32.